The molecule has 0 heterocycles. The van der Waals surface area contributed by atoms with E-state index in [2.05, 4.69) is 11.3 Å². The van der Waals surface area contributed by atoms with Gasteiger partial charge in [-0.05, 0) is 25.2 Å². The molecule has 1 aliphatic rings. The van der Waals surface area contributed by atoms with Crippen molar-refractivity contribution >= 4 is 11.8 Å². The molecule has 0 aromatic rings. The Kier molecular flexibility index (Phi) is 3.86. The van der Waals surface area contributed by atoms with E-state index < -0.39 is 5.92 Å². The summed E-state index contributed by atoms with van der Waals surface area (Å²) in [6.07, 6.45) is 4.78. The zero-order chi connectivity index (χ0) is 10.6. The van der Waals surface area contributed by atoms with Crippen molar-refractivity contribution in [3.63, 3.8) is 0 Å². The first-order valence-electron chi connectivity index (χ1n) is 4.92. The number of methoxy groups -OCH3 is 1. The summed E-state index contributed by atoms with van der Waals surface area (Å²) in [5.41, 5.74) is 0. The monoisotopic (exact) mass is 196 g/mol. The molecular formula is C11H16O3. The highest BCUT2D eigenvalue weighted by Crippen LogP contribution is 2.30. The molecule has 0 saturated heterocycles. The van der Waals surface area contributed by atoms with Crippen molar-refractivity contribution in [3.8, 4) is 0 Å². The summed E-state index contributed by atoms with van der Waals surface area (Å²) in [6, 6.07) is 0. The summed E-state index contributed by atoms with van der Waals surface area (Å²) in [5.74, 6) is -0.815. The number of esters is 1. The molecule has 0 aromatic carbocycles. The Labute approximate surface area is 84.1 Å². The largest absolute Gasteiger partial charge is 0.468 e. The van der Waals surface area contributed by atoms with E-state index in [4.69, 9.17) is 0 Å². The fourth-order valence-electron chi connectivity index (χ4n) is 2.04. The number of ether oxygens (including phenoxy) is 1. The van der Waals surface area contributed by atoms with Gasteiger partial charge in [-0.1, -0.05) is 6.08 Å². The van der Waals surface area contributed by atoms with Gasteiger partial charge >= 0.3 is 5.97 Å². The third-order valence-electron chi connectivity index (χ3n) is 2.74. The quantitative estimate of drug-likeness (QED) is 0.392. The fraction of sp³-hybridized carbons (Fsp3) is 0.636. The van der Waals surface area contributed by atoms with Gasteiger partial charge in [-0.15, -0.1) is 6.58 Å². The Balaban J connectivity index is 2.75. The number of allylic oxidation sites excluding steroid dienone is 1. The number of Topliss-reactive ketones (excluding diaryl/α,β-unsaturated/α-hetero) is 1. The minimum atomic E-state index is -0.549. The highest BCUT2D eigenvalue weighted by molar-refractivity contribution is 5.99. The molecule has 1 fully saturated rings. The summed E-state index contributed by atoms with van der Waals surface area (Å²) in [6.45, 7) is 3.64. The lowest BCUT2D eigenvalue weighted by atomic mass is 9.76. The summed E-state index contributed by atoms with van der Waals surface area (Å²) in [4.78, 5) is 22.9. The first-order chi connectivity index (χ1) is 6.70. The molecule has 0 aliphatic heterocycles. The van der Waals surface area contributed by atoms with E-state index in [0.717, 1.165) is 12.8 Å². The summed E-state index contributed by atoms with van der Waals surface area (Å²) >= 11 is 0. The minimum Gasteiger partial charge on any atom is -0.468 e. The Bertz CT molecular complexity index is 237. The van der Waals surface area contributed by atoms with Gasteiger partial charge in [0.1, 0.15) is 11.7 Å². The molecule has 0 radical (unpaired) electrons. The predicted molar refractivity (Wildman–Crippen MR) is 52.7 cm³/mol. The lowest BCUT2D eigenvalue weighted by molar-refractivity contribution is -0.153. The predicted octanol–water partition coefficient (Wildman–Crippen LogP) is 1.72. The maximum atomic E-state index is 11.5. The topological polar surface area (TPSA) is 43.4 Å². The van der Waals surface area contributed by atoms with Crippen LogP contribution in [0.3, 0.4) is 0 Å². The molecule has 0 bridgehead atoms. The molecule has 1 unspecified atom stereocenters. The van der Waals surface area contributed by atoms with Crippen LogP contribution in [0.25, 0.3) is 0 Å². The van der Waals surface area contributed by atoms with Crippen molar-refractivity contribution in [2.45, 2.75) is 25.7 Å². The molecule has 0 spiro atoms. The molecule has 3 heteroatoms. The average molecular weight is 196 g/mol. The van der Waals surface area contributed by atoms with E-state index in [1.807, 2.05) is 0 Å². The smallest absolute Gasteiger partial charge is 0.316 e. The average Bonchev–Trinajstić information content (AvgIpc) is 2.18. The van der Waals surface area contributed by atoms with Gasteiger partial charge in [0.2, 0.25) is 0 Å². The van der Waals surface area contributed by atoms with E-state index in [0.29, 0.717) is 12.8 Å². The highest BCUT2D eigenvalue weighted by Gasteiger charge is 2.37. The molecule has 3 nitrogen and oxygen atoms in total. The Hall–Kier alpha value is -1.12. The molecule has 0 aromatic heterocycles. The molecule has 1 aliphatic carbocycles. The van der Waals surface area contributed by atoms with Crippen molar-refractivity contribution in [2.75, 3.05) is 7.11 Å². The van der Waals surface area contributed by atoms with Crippen LogP contribution in [0.4, 0.5) is 0 Å². The van der Waals surface area contributed by atoms with Crippen molar-refractivity contribution in [1.82, 2.24) is 0 Å². The third kappa shape index (κ3) is 2.22. The van der Waals surface area contributed by atoms with Gasteiger partial charge in [0.15, 0.2) is 0 Å². The second-order valence-corrected chi connectivity index (χ2v) is 3.64. The number of hydrogen-bond acceptors (Lipinski definition) is 3. The van der Waals surface area contributed by atoms with Crippen LogP contribution in [0.15, 0.2) is 12.7 Å². The van der Waals surface area contributed by atoms with Gasteiger partial charge in [0, 0.05) is 6.42 Å². The Morgan fingerprint density at radius 2 is 2.43 bits per heavy atom. The van der Waals surface area contributed by atoms with Gasteiger partial charge in [-0.2, -0.15) is 0 Å². The van der Waals surface area contributed by atoms with Crippen LogP contribution in [0.1, 0.15) is 25.7 Å². The van der Waals surface area contributed by atoms with E-state index >= 15 is 0 Å². The van der Waals surface area contributed by atoms with E-state index in [1.54, 1.807) is 6.08 Å². The van der Waals surface area contributed by atoms with Crippen LogP contribution in [0, 0.1) is 11.8 Å². The normalized spacial score (nSPS) is 27.1. The third-order valence-corrected chi connectivity index (χ3v) is 2.74. The Morgan fingerprint density at radius 1 is 1.71 bits per heavy atom. The van der Waals surface area contributed by atoms with Gasteiger partial charge in [0.05, 0.1) is 7.11 Å². The minimum absolute atomic E-state index is 0.0231. The van der Waals surface area contributed by atoms with Gasteiger partial charge in [-0.3, -0.25) is 9.59 Å². The molecule has 78 valence electrons. The number of hydrogen-bond donors (Lipinski definition) is 0. The molecular weight excluding hydrogens is 180 g/mol. The van der Waals surface area contributed by atoms with Crippen LogP contribution in [0.2, 0.25) is 0 Å². The van der Waals surface area contributed by atoms with E-state index in [9.17, 15) is 9.59 Å². The van der Waals surface area contributed by atoms with E-state index in [1.165, 1.54) is 7.11 Å². The zero-order valence-electron chi connectivity index (χ0n) is 8.49. The van der Waals surface area contributed by atoms with E-state index in [-0.39, 0.29) is 17.7 Å². The maximum absolute atomic E-state index is 11.5. The van der Waals surface area contributed by atoms with Gasteiger partial charge in [-0.25, -0.2) is 0 Å². The zero-order valence-corrected chi connectivity index (χ0v) is 8.49. The summed E-state index contributed by atoms with van der Waals surface area (Å²) in [5, 5.41) is 0. The van der Waals surface area contributed by atoms with Gasteiger partial charge < -0.3 is 4.74 Å². The number of carbonyl (C=O) groups is 2. The lowest BCUT2D eigenvalue weighted by Gasteiger charge is -2.27. The van der Waals surface area contributed by atoms with Crippen LogP contribution >= 0.6 is 0 Å². The number of rotatable bonds is 3. The first kappa shape index (κ1) is 11.0. The van der Waals surface area contributed by atoms with Crippen molar-refractivity contribution in [2.24, 2.45) is 11.8 Å². The summed E-state index contributed by atoms with van der Waals surface area (Å²) in [7, 11) is 1.33. The lowest BCUT2D eigenvalue weighted by Crippen LogP contribution is -2.35. The van der Waals surface area contributed by atoms with Gasteiger partial charge in [0.25, 0.3) is 0 Å². The van der Waals surface area contributed by atoms with Crippen LogP contribution in [-0.4, -0.2) is 18.9 Å². The first-order valence-corrected chi connectivity index (χ1v) is 4.92. The van der Waals surface area contributed by atoms with Crippen molar-refractivity contribution in [1.29, 1.82) is 0 Å². The summed E-state index contributed by atoms with van der Waals surface area (Å²) < 4.78 is 4.64. The second kappa shape index (κ2) is 4.94. The van der Waals surface area contributed by atoms with Crippen molar-refractivity contribution in [3.05, 3.63) is 12.7 Å². The van der Waals surface area contributed by atoms with Crippen LogP contribution in [0.5, 0.6) is 0 Å². The van der Waals surface area contributed by atoms with Crippen molar-refractivity contribution < 1.29 is 14.3 Å². The molecule has 0 amide bonds. The molecule has 14 heavy (non-hydrogen) atoms. The molecule has 1 saturated carbocycles. The number of carbonyl (C=O) groups excluding carboxylic acids is 2. The SMILES string of the molecule is C=CC[C@H]1CCCC(=O)C1C(=O)OC. The highest BCUT2D eigenvalue weighted by atomic mass is 16.5. The fourth-order valence-corrected chi connectivity index (χ4v) is 2.04. The number of ketones is 1. The van der Waals surface area contributed by atoms with Crippen LogP contribution in [-0.2, 0) is 14.3 Å². The van der Waals surface area contributed by atoms with Crippen LogP contribution < -0.4 is 0 Å². The Morgan fingerprint density at radius 3 is 3.00 bits per heavy atom. The molecule has 0 N–H and O–H groups in total. The molecule has 2 atom stereocenters. The second-order valence-electron chi connectivity index (χ2n) is 3.64. The molecule has 1 rings (SSSR count). The standard InChI is InChI=1S/C11H16O3/c1-3-5-8-6-4-7-9(12)10(8)11(13)14-2/h3,8,10H,1,4-7H2,2H3/t8-,10?/m0/s1. The maximum Gasteiger partial charge on any atom is 0.316 e.